The molecule has 2 unspecified atom stereocenters. The van der Waals surface area contributed by atoms with Crippen LogP contribution in [0.4, 0.5) is 4.39 Å². The largest absolute Gasteiger partial charge is 0.487 e. The third-order valence-corrected chi connectivity index (χ3v) is 6.09. The molecule has 0 radical (unpaired) electrons. The lowest BCUT2D eigenvalue weighted by atomic mass is 10.1. The molecular formula is C25H20ClFN4O3. The average molecular weight is 479 g/mol. The Morgan fingerprint density at radius 2 is 1.91 bits per heavy atom. The summed E-state index contributed by atoms with van der Waals surface area (Å²) >= 11 is 6.43. The van der Waals surface area contributed by atoms with Crippen LogP contribution in [0.15, 0.2) is 88.8 Å². The van der Waals surface area contributed by atoms with Crippen LogP contribution in [0.25, 0.3) is 10.9 Å². The molecule has 4 aromatic rings. The fourth-order valence-electron chi connectivity index (χ4n) is 4.01. The van der Waals surface area contributed by atoms with Gasteiger partial charge in [-0.1, -0.05) is 30.4 Å². The molecule has 9 heteroatoms. The number of nitrogens with one attached hydrogen (secondary N) is 1. The van der Waals surface area contributed by atoms with Gasteiger partial charge < -0.3 is 9.30 Å². The highest BCUT2D eigenvalue weighted by Crippen LogP contribution is 2.24. The minimum atomic E-state index is -0.431. The van der Waals surface area contributed by atoms with E-state index in [4.69, 9.17) is 16.3 Å². The maximum Gasteiger partial charge on any atom is 0.276 e. The van der Waals surface area contributed by atoms with Crippen molar-refractivity contribution in [1.82, 2.24) is 19.3 Å². The Kier molecular flexibility index (Phi) is 5.90. The average Bonchev–Trinajstić information content (AvgIpc) is 3.16. The van der Waals surface area contributed by atoms with Gasteiger partial charge in [-0.25, -0.2) is 9.07 Å². The van der Waals surface area contributed by atoms with Gasteiger partial charge in [-0.2, -0.15) is 0 Å². The smallest absolute Gasteiger partial charge is 0.276 e. The van der Waals surface area contributed by atoms with E-state index in [1.807, 2.05) is 24.3 Å². The summed E-state index contributed by atoms with van der Waals surface area (Å²) in [5.74, 6) is 0.0255. The van der Waals surface area contributed by atoms with E-state index in [0.717, 1.165) is 5.56 Å². The Labute approximate surface area is 198 Å². The predicted octanol–water partition coefficient (Wildman–Crippen LogP) is 3.93. The van der Waals surface area contributed by atoms with Crippen molar-refractivity contribution in [3.8, 4) is 5.75 Å². The SMILES string of the molecule is O=c1c2c(COc3ccc(F)cc3)n(Cc3cccnc3)c(=O)cc2[nH]n1C1C=CC=CC1Cl. The zero-order chi connectivity index (χ0) is 23.7. The van der Waals surface area contributed by atoms with Gasteiger partial charge in [0, 0.05) is 18.5 Å². The van der Waals surface area contributed by atoms with Crippen LogP contribution in [-0.2, 0) is 13.2 Å². The molecule has 3 heterocycles. The second kappa shape index (κ2) is 9.15. The van der Waals surface area contributed by atoms with E-state index < -0.39 is 11.4 Å². The van der Waals surface area contributed by atoms with E-state index in [1.165, 1.54) is 39.6 Å². The van der Waals surface area contributed by atoms with Crippen molar-refractivity contribution in [3.63, 3.8) is 0 Å². The number of rotatable bonds is 6. The first-order valence-electron chi connectivity index (χ1n) is 10.6. The van der Waals surface area contributed by atoms with Crippen molar-refractivity contribution < 1.29 is 9.13 Å². The van der Waals surface area contributed by atoms with Gasteiger partial charge in [-0.15, -0.1) is 11.6 Å². The number of pyridine rings is 2. The number of H-pyrrole nitrogens is 1. The fourth-order valence-corrected chi connectivity index (χ4v) is 4.29. The van der Waals surface area contributed by atoms with Gasteiger partial charge in [0.15, 0.2) is 0 Å². The summed E-state index contributed by atoms with van der Waals surface area (Å²) in [6.45, 7) is 0.135. The molecule has 1 aromatic carbocycles. The molecular weight excluding hydrogens is 459 g/mol. The van der Waals surface area contributed by atoms with Crippen LogP contribution in [0.3, 0.4) is 0 Å². The number of benzene rings is 1. The molecule has 0 spiro atoms. The first-order valence-corrected chi connectivity index (χ1v) is 11.1. The molecule has 0 aliphatic heterocycles. The van der Waals surface area contributed by atoms with Crippen molar-refractivity contribution in [2.24, 2.45) is 0 Å². The van der Waals surface area contributed by atoms with Crippen LogP contribution in [-0.4, -0.2) is 24.7 Å². The summed E-state index contributed by atoms with van der Waals surface area (Å²) in [4.78, 5) is 30.8. The Hall–Kier alpha value is -3.91. The quantitative estimate of drug-likeness (QED) is 0.426. The predicted molar refractivity (Wildman–Crippen MR) is 128 cm³/mol. The van der Waals surface area contributed by atoms with Crippen LogP contribution < -0.4 is 15.9 Å². The normalized spacial score (nSPS) is 17.4. The number of ether oxygens (including phenoxy) is 1. The number of hydrogen-bond donors (Lipinski definition) is 1. The van der Waals surface area contributed by atoms with E-state index in [-0.39, 0.29) is 30.1 Å². The number of aromatic amines is 1. The van der Waals surface area contributed by atoms with Crippen LogP contribution in [0.1, 0.15) is 17.3 Å². The molecule has 5 rings (SSSR count). The standard InChI is InChI=1S/C25H20ClFN4O3/c26-19-5-1-2-6-21(19)31-25(33)24-20(29-31)12-23(32)30(14-16-4-3-11-28-13-16)22(24)15-34-18-9-7-17(27)8-10-18/h1-13,19,21,29H,14-15H2. The molecule has 7 nitrogen and oxygen atoms in total. The summed E-state index contributed by atoms with van der Waals surface area (Å²) < 4.78 is 22.1. The maximum atomic E-state index is 13.5. The van der Waals surface area contributed by atoms with Crippen molar-refractivity contribution >= 4 is 22.5 Å². The highest BCUT2D eigenvalue weighted by Gasteiger charge is 2.24. The van der Waals surface area contributed by atoms with E-state index in [2.05, 4.69) is 10.1 Å². The molecule has 0 fully saturated rings. The zero-order valence-electron chi connectivity index (χ0n) is 17.9. The summed E-state index contributed by atoms with van der Waals surface area (Å²) in [5.41, 5.74) is 0.968. The summed E-state index contributed by atoms with van der Waals surface area (Å²) in [6.07, 6.45) is 10.6. The van der Waals surface area contributed by atoms with E-state index >= 15 is 0 Å². The van der Waals surface area contributed by atoms with Gasteiger partial charge in [0.1, 0.15) is 18.2 Å². The first-order chi connectivity index (χ1) is 16.5. The lowest BCUT2D eigenvalue weighted by Gasteiger charge is -2.18. The summed E-state index contributed by atoms with van der Waals surface area (Å²) in [5, 5.41) is 2.95. The molecule has 172 valence electrons. The minimum Gasteiger partial charge on any atom is -0.487 e. The van der Waals surface area contributed by atoms with Gasteiger partial charge in [0.25, 0.3) is 11.1 Å². The monoisotopic (exact) mass is 478 g/mol. The topological polar surface area (TPSA) is 81.9 Å². The zero-order valence-corrected chi connectivity index (χ0v) is 18.7. The number of aromatic nitrogens is 4. The van der Waals surface area contributed by atoms with Crippen LogP contribution in [0.5, 0.6) is 5.75 Å². The molecule has 1 aliphatic rings. The van der Waals surface area contributed by atoms with Crippen molar-refractivity contribution in [3.05, 3.63) is 117 Å². The summed E-state index contributed by atoms with van der Waals surface area (Å²) in [7, 11) is 0. The molecule has 2 atom stereocenters. The fraction of sp³-hybridized carbons (Fsp3) is 0.160. The van der Waals surface area contributed by atoms with Gasteiger partial charge in [0.05, 0.1) is 34.6 Å². The lowest BCUT2D eigenvalue weighted by molar-refractivity contribution is 0.295. The second-order valence-corrected chi connectivity index (χ2v) is 8.40. The van der Waals surface area contributed by atoms with Crippen molar-refractivity contribution in [2.45, 2.75) is 24.6 Å². The van der Waals surface area contributed by atoms with E-state index in [0.29, 0.717) is 22.3 Å². The first kappa shape index (κ1) is 21.9. The van der Waals surface area contributed by atoms with Gasteiger partial charge in [0.2, 0.25) is 0 Å². The van der Waals surface area contributed by atoms with Crippen LogP contribution in [0.2, 0.25) is 0 Å². The van der Waals surface area contributed by atoms with Crippen LogP contribution in [0, 0.1) is 5.82 Å². The number of alkyl halides is 1. The van der Waals surface area contributed by atoms with Crippen molar-refractivity contribution in [2.75, 3.05) is 0 Å². The number of fused-ring (bicyclic) bond motifs is 1. The Balaban J connectivity index is 1.64. The van der Waals surface area contributed by atoms with Gasteiger partial charge in [-0.05, 0) is 35.9 Å². The summed E-state index contributed by atoms with van der Waals surface area (Å²) in [6, 6.07) is 10.1. The third-order valence-electron chi connectivity index (χ3n) is 5.68. The molecule has 0 bridgehead atoms. The van der Waals surface area contributed by atoms with Gasteiger partial charge in [-0.3, -0.25) is 19.7 Å². The third kappa shape index (κ3) is 4.20. The highest BCUT2D eigenvalue weighted by atomic mass is 35.5. The Bertz CT molecular complexity index is 1500. The molecule has 0 saturated heterocycles. The number of halogens is 2. The lowest BCUT2D eigenvalue weighted by Crippen LogP contribution is -2.29. The molecule has 0 saturated carbocycles. The number of hydrogen-bond acceptors (Lipinski definition) is 4. The number of allylic oxidation sites excluding steroid dienone is 4. The Morgan fingerprint density at radius 3 is 2.65 bits per heavy atom. The number of nitrogens with zero attached hydrogens (tertiary/aromatic N) is 3. The Morgan fingerprint density at radius 1 is 1.12 bits per heavy atom. The maximum absolute atomic E-state index is 13.5. The molecule has 3 aromatic heterocycles. The van der Waals surface area contributed by atoms with Gasteiger partial charge >= 0.3 is 0 Å². The second-order valence-electron chi connectivity index (χ2n) is 7.90. The van der Waals surface area contributed by atoms with E-state index in [1.54, 1.807) is 24.5 Å². The minimum absolute atomic E-state index is 0.0731. The van der Waals surface area contributed by atoms with Crippen molar-refractivity contribution in [1.29, 1.82) is 0 Å². The molecule has 1 N–H and O–H groups in total. The molecule has 34 heavy (non-hydrogen) atoms. The van der Waals surface area contributed by atoms with Crippen LogP contribution >= 0.6 is 11.6 Å². The highest BCUT2D eigenvalue weighted by molar-refractivity contribution is 6.22. The van der Waals surface area contributed by atoms with E-state index in [9.17, 15) is 14.0 Å². The molecule has 1 aliphatic carbocycles. The molecule has 0 amide bonds.